The van der Waals surface area contributed by atoms with Crippen LogP contribution in [0.15, 0.2) is 15.8 Å². The summed E-state index contributed by atoms with van der Waals surface area (Å²) in [5, 5.41) is 9.20. The van der Waals surface area contributed by atoms with Gasteiger partial charge >= 0.3 is 18.0 Å². The fourth-order valence-electron chi connectivity index (χ4n) is 3.25. The summed E-state index contributed by atoms with van der Waals surface area (Å²) >= 11 is 0. The molecule has 13 heteroatoms. The van der Waals surface area contributed by atoms with Crippen LogP contribution in [0, 0.1) is 6.92 Å². The third-order valence-electron chi connectivity index (χ3n) is 4.61. The molecule has 35 heavy (non-hydrogen) atoms. The van der Waals surface area contributed by atoms with Crippen LogP contribution < -0.4 is 11.2 Å². The SMILES string of the molecule is Cc1cn([C@@H]2O[C@H](COC(=O)OC(C)(C)C)C(OC(=O)OC(C)(C)C)C2F)c(=O)n(CCO)c1=O. The molecule has 0 saturated carbocycles. The summed E-state index contributed by atoms with van der Waals surface area (Å²) in [5.74, 6) is 0. The highest BCUT2D eigenvalue weighted by molar-refractivity contribution is 5.61. The van der Waals surface area contributed by atoms with E-state index in [1.807, 2.05) is 0 Å². The zero-order chi connectivity index (χ0) is 26.7. The first-order valence-corrected chi connectivity index (χ1v) is 11.0. The summed E-state index contributed by atoms with van der Waals surface area (Å²) in [5.41, 5.74) is -3.28. The third-order valence-corrected chi connectivity index (χ3v) is 4.61. The molecule has 1 saturated heterocycles. The van der Waals surface area contributed by atoms with Gasteiger partial charge in [0.15, 0.2) is 18.5 Å². The van der Waals surface area contributed by atoms with Gasteiger partial charge in [0, 0.05) is 11.8 Å². The summed E-state index contributed by atoms with van der Waals surface area (Å²) in [7, 11) is 0. The van der Waals surface area contributed by atoms with E-state index in [9.17, 15) is 24.3 Å². The lowest BCUT2D eigenvalue weighted by Gasteiger charge is -2.24. The maximum Gasteiger partial charge on any atom is 0.509 e. The lowest BCUT2D eigenvalue weighted by Crippen LogP contribution is -2.44. The highest BCUT2D eigenvalue weighted by Crippen LogP contribution is 2.34. The van der Waals surface area contributed by atoms with Crippen molar-refractivity contribution in [2.24, 2.45) is 0 Å². The monoisotopic (exact) mass is 504 g/mol. The Hall–Kier alpha value is -2.93. The molecule has 2 rings (SSSR count). The van der Waals surface area contributed by atoms with E-state index >= 15 is 4.39 Å². The Bertz CT molecular complexity index is 1040. The number of alkyl halides is 1. The van der Waals surface area contributed by atoms with Crippen LogP contribution in [0.1, 0.15) is 53.3 Å². The molecule has 1 aromatic heterocycles. The molecule has 0 aliphatic carbocycles. The van der Waals surface area contributed by atoms with Gasteiger partial charge < -0.3 is 28.8 Å². The molecule has 0 amide bonds. The summed E-state index contributed by atoms with van der Waals surface area (Å²) in [4.78, 5) is 49.3. The zero-order valence-electron chi connectivity index (χ0n) is 20.9. The summed E-state index contributed by atoms with van der Waals surface area (Å²) in [6.07, 6.45) is -7.83. The van der Waals surface area contributed by atoms with Gasteiger partial charge in [-0.05, 0) is 48.5 Å². The first-order valence-electron chi connectivity index (χ1n) is 11.0. The Morgan fingerprint density at radius 3 is 2.20 bits per heavy atom. The van der Waals surface area contributed by atoms with E-state index in [2.05, 4.69) is 0 Å². The highest BCUT2D eigenvalue weighted by atomic mass is 19.1. The second-order valence-electron chi connectivity index (χ2n) is 10.0. The minimum absolute atomic E-state index is 0.0897. The van der Waals surface area contributed by atoms with E-state index < -0.39 is 72.6 Å². The Morgan fingerprint density at radius 2 is 1.66 bits per heavy atom. The van der Waals surface area contributed by atoms with Crippen molar-refractivity contribution in [1.29, 1.82) is 0 Å². The summed E-state index contributed by atoms with van der Waals surface area (Å²) < 4.78 is 43.1. The quantitative estimate of drug-likeness (QED) is 0.570. The maximum atomic E-state index is 15.6. The molecule has 0 bridgehead atoms. The molecular weight excluding hydrogens is 471 g/mol. The summed E-state index contributed by atoms with van der Waals surface area (Å²) in [6, 6.07) is 0. The predicted molar refractivity (Wildman–Crippen MR) is 119 cm³/mol. The van der Waals surface area contributed by atoms with Gasteiger partial charge in [0.1, 0.15) is 23.9 Å². The fourth-order valence-corrected chi connectivity index (χ4v) is 3.25. The second kappa shape index (κ2) is 10.8. The molecule has 12 nitrogen and oxygen atoms in total. The molecule has 0 spiro atoms. The Labute approximate surface area is 201 Å². The minimum Gasteiger partial charge on any atom is -0.431 e. The Kier molecular flexibility index (Phi) is 8.71. The van der Waals surface area contributed by atoms with Crippen LogP contribution in [0.25, 0.3) is 0 Å². The number of aromatic nitrogens is 2. The molecule has 1 aliphatic heterocycles. The van der Waals surface area contributed by atoms with Crippen molar-refractivity contribution >= 4 is 12.3 Å². The van der Waals surface area contributed by atoms with Crippen LogP contribution in [0.3, 0.4) is 0 Å². The number of nitrogens with zero attached hydrogens (tertiary/aromatic N) is 2. The maximum absolute atomic E-state index is 15.6. The number of aliphatic hydroxyl groups is 1. The number of hydrogen-bond acceptors (Lipinski definition) is 10. The van der Waals surface area contributed by atoms with E-state index in [1.165, 1.54) is 6.92 Å². The number of aryl methyl sites for hydroxylation is 1. The van der Waals surface area contributed by atoms with Crippen molar-refractivity contribution in [2.75, 3.05) is 13.2 Å². The highest BCUT2D eigenvalue weighted by Gasteiger charge is 2.50. The van der Waals surface area contributed by atoms with Gasteiger partial charge in [-0.3, -0.25) is 13.9 Å². The lowest BCUT2D eigenvalue weighted by molar-refractivity contribution is -0.0824. The van der Waals surface area contributed by atoms with E-state index in [4.69, 9.17) is 23.7 Å². The number of halogens is 1. The largest absolute Gasteiger partial charge is 0.509 e. The van der Waals surface area contributed by atoms with Crippen LogP contribution in [-0.4, -0.2) is 69.3 Å². The molecule has 1 aromatic rings. The molecule has 1 aliphatic rings. The Balaban J connectivity index is 2.36. The second-order valence-corrected chi connectivity index (χ2v) is 10.0. The van der Waals surface area contributed by atoms with Crippen LogP contribution in [0.2, 0.25) is 0 Å². The van der Waals surface area contributed by atoms with E-state index in [1.54, 1.807) is 41.5 Å². The van der Waals surface area contributed by atoms with Gasteiger partial charge in [-0.25, -0.2) is 18.8 Å². The van der Waals surface area contributed by atoms with Gasteiger partial charge in [0.2, 0.25) is 0 Å². The molecule has 198 valence electrons. The number of hydrogen-bond donors (Lipinski definition) is 1. The average molecular weight is 505 g/mol. The number of carbonyl (C=O) groups excluding carboxylic acids is 2. The van der Waals surface area contributed by atoms with Crippen molar-refractivity contribution in [3.8, 4) is 0 Å². The normalized spacial score (nSPS) is 22.5. The van der Waals surface area contributed by atoms with E-state index in [-0.39, 0.29) is 12.1 Å². The average Bonchev–Trinajstić information content (AvgIpc) is 2.99. The zero-order valence-corrected chi connectivity index (χ0v) is 20.9. The molecule has 0 radical (unpaired) electrons. The van der Waals surface area contributed by atoms with Gasteiger partial charge in [-0.15, -0.1) is 0 Å². The van der Waals surface area contributed by atoms with Crippen molar-refractivity contribution < 1.29 is 42.8 Å². The number of aliphatic hydroxyl groups excluding tert-OH is 1. The van der Waals surface area contributed by atoms with E-state index in [0.29, 0.717) is 0 Å². The molecule has 1 fully saturated rings. The fraction of sp³-hybridized carbons (Fsp3) is 0.727. The topological polar surface area (TPSA) is 145 Å². The van der Waals surface area contributed by atoms with Crippen molar-refractivity contribution in [1.82, 2.24) is 9.13 Å². The minimum atomic E-state index is -2.10. The molecule has 4 atom stereocenters. The number of carbonyl (C=O) groups is 2. The first kappa shape index (κ1) is 28.3. The first-order chi connectivity index (χ1) is 16.0. The number of rotatable bonds is 6. The van der Waals surface area contributed by atoms with E-state index in [0.717, 1.165) is 15.3 Å². The standard InChI is InChI=1S/C22H33FN2O10/c1-12-10-25(18(28)24(8-9-26)16(12)27)17-14(23)15(33-20(30)35-22(5,6)7)13(32-17)11-31-19(29)34-21(2,3)4/h10,13-15,17,26H,8-9,11H2,1-7H3/t13-,14?,15?,17-/m1/s1. The Morgan fingerprint density at radius 1 is 1.09 bits per heavy atom. The summed E-state index contributed by atoms with van der Waals surface area (Å²) in [6.45, 7) is 9.66. The van der Waals surface area contributed by atoms with Crippen molar-refractivity contribution in [3.63, 3.8) is 0 Å². The third kappa shape index (κ3) is 7.52. The molecule has 1 N–H and O–H groups in total. The molecule has 0 aromatic carbocycles. The molecule has 2 unspecified atom stereocenters. The van der Waals surface area contributed by atoms with Crippen LogP contribution >= 0.6 is 0 Å². The van der Waals surface area contributed by atoms with Gasteiger partial charge in [0.25, 0.3) is 5.56 Å². The smallest absolute Gasteiger partial charge is 0.431 e. The van der Waals surface area contributed by atoms with Crippen LogP contribution in [-0.2, 0) is 30.2 Å². The predicted octanol–water partition coefficient (Wildman–Crippen LogP) is 1.82. The number of ether oxygens (including phenoxy) is 5. The van der Waals surface area contributed by atoms with Crippen molar-refractivity contribution in [3.05, 3.63) is 32.6 Å². The lowest BCUT2D eigenvalue weighted by atomic mass is 10.1. The van der Waals surface area contributed by atoms with Crippen LogP contribution in [0.5, 0.6) is 0 Å². The van der Waals surface area contributed by atoms with Gasteiger partial charge in [0.05, 0.1) is 13.2 Å². The van der Waals surface area contributed by atoms with Crippen LogP contribution in [0.4, 0.5) is 14.0 Å². The van der Waals surface area contributed by atoms with Crippen molar-refractivity contribution in [2.45, 2.75) is 90.8 Å². The van der Waals surface area contributed by atoms with Gasteiger partial charge in [-0.1, -0.05) is 0 Å². The van der Waals surface area contributed by atoms with Gasteiger partial charge in [-0.2, -0.15) is 0 Å². The molecule has 2 heterocycles. The molecular formula is C22H33FN2O10.